The van der Waals surface area contributed by atoms with Gasteiger partial charge in [0.15, 0.2) is 5.82 Å². The Labute approximate surface area is 156 Å². The van der Waals surface area contributed by atoms with Crippen molar-refractivity contribution in [1.29, 1.82) is 0 Å². The molecule has 136 valence electrons. The van der Waals surface area contributed by atoms with Crippen molar-refractivity contribution in [3.05, 3.63) is 51.4 Å². The van der Waals surface area contributed by atoms with Crippen LogP contribution in [0.4, 0.5) is 0 Å². The van der Waals surface area contributed by atoms with E-state index < -0.39 is 0 Å². The molecule has 0 amide bonds. The van der Waals surface area contributed by atoms with E-state index in [1.165, 1.54) is 4.90 Å². The van der Waals surface area contributed by atoms with Gasteiger partial charge < -0.3 is 14.6 Å². The van der Waals surface area contributed by atoms with Crippen LogP contribution in [0.2, 0.25) is 0 Å². The van der Waals surface area contributed by atoms with Crippen LogP contribution in [0, 0.1) is 6.92 Å². The van der Waals surface area contributed by atoms with Gasteiger partial charge in [-0.1, -0.05) is 30.3 Å². The summed E-state index contributed by atoms with van der Waals surface area (Å²) in [5, 5.41) is 0.709. The zero-order valence-electron chi connectivity index (χ0n) is 15.3. The molecule has 2 aromatic heterocycles. The van der Waals surface area contributed by atoms with Gasteiger partial charge in [-0.05, 0) is 26.3 Å². The highest BCUT2D eigenvalue weighted by Crippen LogP contribution is 2.35. The first-order chi connectivity index (χ1) is 12.5. The summed E-state index contributed by atoms with van der Waals surface area (Å²) in [5.74, 6) is 0.764. The van der Waals surface area contributed by atoms with Gasteiger partial charge in [-0.25, -0.2) is 4.98 Å². The number of aryl methyl sites for hydroxylation is 1. The summed E-state index contributed by atoms with van der Waals surface area (Å²) < 4.78 is 5.80. The number of hydrogen-bond acceptors (Lipinski definition) is 4. The van der Waals surface area contributed by atoms with Gasteiger partial charge in [-0.2, -0.15) is 0 Å². The highest BCUT2D eigenvalue weighted by atomic mass is 32.1. The molecule has 1 aliphatic rings. The topological polar surface area (TPSA) is 59.4 Å². The lowest BCUT2D eigenvalue weighted by Gasteiger charge is -2.32. The van der Waals surface area contributed by atoms with Crippen LogP contribution >= 0.6 is 11.3 Å². The second-order valence-electron chi connectivity index (χ2n) is 7.18. The molecule has 5 nitrogen and oxygen atoms in total. The minimum atomic E-state index is -0.0399. The highest BCUT2D eigenvalue weighted by Gasteiger charge is 2.26. The number of quaternary nitrogens is 1. The number of H-pyrrole nitrogens is 1. The number of rotatable bonds is 3. The van der Waals surface area contributed by atoms with Crippen LogP contribution in [0.3, 0.4) is 0 Å². The lowest BCUT2D eigenvalue weighted by Crippen LogP contribution is -3.14. The monoisotopic (exact) mass is 370 g/mol. The fraction of sp³-hybridized carbons (Fsp3) is 0.400. The number of benzene rings is 1. The molecule has 4 rings (SSSR count). The molecule has 26 heavy (non-hydrogen) atoms. The number of hydrogen-bond donors (Lipinski definition) is 2. The second-order valence-corrected chi connectivity index (χ2v) is 8.39. The predicted molar refractivity (Wildman–Crippen MR) is 105 cm³/mol. The average Bonchev–Trinajstić information content (AvgIpc) is 2.91. The summed E-state index contributed by atoms with van der Waals surface area (Å²) in [6, 6.07) is 10.1. The van der Waals surface area contributed by atoms with E-state index in [1.807, 2.05) is 30.3 Å². The van der Waals surface area contributed by atoms with Crippen LogP contribution in [-0.4, -0.2) is 35.3 Å². The molecule has 3 heterocycles. The zero-order valence-corrected chi connectivity index (χ0v) is 16.2. The minimum Gasteiger partial charge on any atom is -0.364 e. The Kier molecular flexibility index (Phi) is 4.65. The summed E-state index contributed by atoms with van der Waals surface area (Å²) >= 11 is 1.60. The van der Waals surface area contributed by atoms with Crippen molar-refractivity contribution in [1.82, 2.24) is 9.97 Å². The normalized spacial score (nSPS) is 23.4. The van der Waals surface area contributed by atoms with Crippen LogP contribution in [0.15, 0.2) is 35.1 Å². The van der Waals surface area contributed by atoms with Crippen molar-refractivity contribution in [2.24, 2.45) is 0 Å². The maximum atomic E-state index is 12.9. The number of nitrogens with one attached hydrogen (secondary N) is 2. The van der Waals surface area contributed by atoms with Gasteiger partial charge in [-0.15, -0.1) is 11.3 Å². The summed E-state index contributed by atoms with van der Waals surface area (Å²) in [6.45, 7) is 8.86. The summed E-state index contributed by atoms with van der Waals surface area (Å²) in [7, 11) is 0. The van der Waals surface area contributed by atoms with Crippen LogP contribution in [0.25, 0.3) is 21.3 Å². The van der Waals surface area contributed by atoms with Crippen LogP contribution < -0.4 is 10.5 Å². The summed E-state index contributed by atoms with van der Waals surface area (Å²) in [6.07, 6.45) is 0.468. The van der Waals surface area contributed by atoms with Crippen molar-refractivity contribution < 1.29 is 9.64 Å². The van der Waals surface area contributed by atoms with E-state index in [2.05, 4.69) is 25.8 Å². The first kappa shape index (κ1) is 17.4. The maximum absolute atomic E-state index is 12.9. The van der Waals surface area contributed by atoms with Crippen molar-refractivity contribution in [2.75, 3.05) is 13.1 Å². The fourth-order valence-corrected chi connectivity index (χ4v) is 5.03. The van der Waals surface area contributed by atoms with E-state index in [-0.39, 0.29) is 17.8 Å². The number of aromatic amines is 1. The molecule has 1 aliphatic heterocycles. The summed E-state index contributed by atoms with van der Waals surface area (Å²) in [4.78, 5) is 24.0. The third-order valence-corrected chi connectivity index (χ3v) is 5.88. The lowest BCUT2D eigenvalue weighted by atomic mass is 10.0. The molecule has 0 bridgehead atoms. The Bertz CT molecular complexity index is 970. The standard InChI is InChI=1S/C20H23N3O2S/c1-12-9-23(10-13(2)25-12)11-16-21-19(24)18-17(14(3)26-20(18)22-16)15-7-5-4-6-8-15/h4-8,12-13H,9-11H2,1-3H3,(H,21,22,24)/p+1/t12-,13-/m0/s1. The van der Waals surface area contributed by atoms with Gasteiger partial charge in [0.1, 0.15) is 36.7 Å². The van der Waals surface area contributed by atoms with Crippen LogP contribution in [0.1, 0.15) is 24.5 Å². The Balaban J connectivity index is 1.71. The van der Waals surface area contributed by atoms with E-state index >= 15 is 0 Å². The Hall–Kier alpha value is -2.02. The first-order valence-electron chi connectivity index (χ1n) is 9.08. The van der Waals surface area contributed by atoms with Gasteiger partial charge >= 0.3 is 0 Å². The van der Waals surface area contributed by atoms with Crippen LogP contribution in [0.5, 0.6) is 0 Å². The van der Waals surface area contributed by atoms with Crippen molar-refractivity contribution in [2.45, 2.75) is 39.5 Å². The average molecular weight is 370 g/mol. The highest BCUT2D eigenvalue weighted by molar-refractivity contribution is 7.19. The molecule has 1 aromatic carbocycles. The molecule has 0 saturated carbocycles. The zero-order chi connectivity index (χ0) is 18.3. The number of fused-ring (bicyclic) bond motifs is 1. The quantitative estimate of drug-likeness (QED) is 0.743. The predicted octanol–water partition coefficient (Wildman–Crippen LogP) is 2.15. The van der Waals surface area contributed by atoms with E-state index in [0.29, 0.717) is 5.39 Å². The SMILES string of the molecule is Cc1sc2nc(C[NH+]3C[C@H](C)O[C@@H](C)C3)[nH]c(=O)c2c1-c1ccccc1. The third kappa shape index (κ3) is 3.32. The number of morpholine rings is 1. The summed E-state index contributed by atoms with van der Waals surface area (Å²) in [5.41, 5.74) is 2.03. The maximum Gasteiger partial charge on any atom is 0.260 e. The molecule has 1 saturated heterocycles. The van der Waals surface area contributed by atoms with Crippen molar-refractivity contribution >= 4 is 21.6 Å². The molecule has 3 aromatic rings. The van der Waals surface area contributed by atoms with Gasteiger partial charge in [0.2, 0.25) is 0 Å². The fourth-order valence-electron chi connectivity index (χ4n) is 3.97. The van der Waals surface area contributed by atoms with E-state index in [4.69, 9.17) is 9.72 Å². The van der Waals surface area contributed by atoms with Gasteiger partial charge in [0.05, 0.1) is 5.39 Å². The largest absolute Gasteiger partial charge is 0.364 e. The Morgan fingerprint density at radius 1 is 1.23 bits per heavy atom. The van der Waals surface area contributed by atoms with E-state index in [0.717, 1.165) is 46.3 Å². The Morgan fingerprint density at radius 3 is 2.62 bits per heavy atom. The molecule has 0 spiro atoms. The van der Waals surface area contributed by atoms with Crippen molar-refractivity contribution in [3.63, 3.8) is 0 Å². The van der Waals surface area contributed by atoms with Gasteiger partial charge in [-0.3, -0.25) is 4.79 Å². The molecular weight excluding hydrogens is 346 g/mol. The van der Waals surface area contributed by atoms with Gasteiger partial charge in [0.25, 0.3) is 5.56 Å². The number of aromatic nitrogens is 2. The molecular formula is C20H24N3O2S+. The Morgan fingerprint density at radius 2 is 1.92 bits per heavy atom. The number of thiophene rings is 1. The first-order valence-corrected chi connectivity index (χ1v) is 9.89. The lowest BCUT2D eigenvalue weighted by molar-refractivity contribution is -0.928. The molecule has 2 atom stereocenters. The molecule has 6 heteroatoms. The number of nitrogens with zero attached hydrogens (tertiary/aromatic N) is 1. The van der Waals surface area contributed by atoms with Crippen LogP contribution in [-0.2, 0) is 11.3 Å². The third-order valence-electron chi connectivity index (χ3n) is 4.88. The molecule has 0 radical (unpaired) electrons. The molecule has 0 aliphatic carbocycles. The minimum absolute atomic E-state index is 0.0399. The van der Waals surface area contributed by atoms with Gasteiger partial charge in [0, 0.05) is 10.4 Å². The number of ether oxygens (including phenoxy) is 1. The molecule has 1 fully saturated rings. The smallest absolute Gasteiger partial charge is 0.260 e. The van der Waals surface area contributed by atoms with E-state index in [9.17, 15) is 4.79 Å². The molecule has 2 N–H and O–H groups in total. The van der Waals surface area contributed by atoms with Crippen molar-refractivity contribution in [3.8, 4) is 11.1 Å². The second kappa shape index (κ2) is 6.95. The molecule has 0 unspecified atom stereocenters. The van der Waals surface area contributed by atoms with E-state index in [1.54, 1.807) is 11.3 Å².